The van der Waals surface area contributed by atoms with E-state index >= 15 is 0 Å². The molecule has 74 heavy (non-hydrogen) atoms. The molecule has 3 aliphatic rings. The lowest BCUT2D eigenvalue weighted by atomic mass is 9.96. The fraction of sp³-hybridized carbons (Fsp3) is 0.873. The highest BCUT2D eigenvalue weighted by atomic mass is 16.8. The van der Waals surface area contributed by atoms with E-state index in [4.69, 9.17) is 28.4 Å². The van der Waals surface area contributed by atoms with E-state index in [-0.39, 0.29) is 18.9 Å². The number of carbonyl (C=O) groups is 1. The van der Waals surface area contributed by atoms with Crippen LogP contribution >= 0.6 is 0 Å². The predicted molar refractivity (Wildman–Crippen MR) is 277 cm³/mol. The summed E-state index contributed by atoms with van der Waals surface area (Å²) in [4.78, 5) is 13.1. The van der Waals surface area contributed by atoms with Gasteiger partial charge in [-0.05, 0) is 44.9 Å². The second-order valence-electron chi connectivity index (χ2n) is 20.4. The average molecular weight is 1060 g/mol. The van der Waals surface area contributed by atoms with Gasteiger partial charge in [0.2, 0.25) is 5.91 Å². The molecule has 3 fully saturated rings. The molecule has 17 atom stereocenters. The number of ether oxygens (including phenoxy) is 6. The number of hydrogen-bond acceptors (Lipinski definition) is 18. The van der Waals surface area contributed by atoms with Crippen molar-refractivity contribution in [1.82, 2.24) is 5.32 Å². The van der Waals surface area contributed by atoms with E-state index in [0.717, 1.165) is 38.5 Å². The fourth-order valence-electron chi connectivity index (χ4n) is 9.44. The fourth-order valence-corrected chi connectivity index (χ4v) is 9.44. The Morgan fingerprint density at radius 3 is 1.41 bits per heavy atom. The Labute approximate surface area is 440 Å². The maximum atomic E-state index is 13.1. The number of amides is 1. The molecule has 3 aliphatic heterocycles. The van der Waals surface area contributed by atoms with Crippen LogP contribution in [-0.2, 0) is 33.2 Å². The molecule has 0 aliphatic carbocycles. The van der Waals surface area contributed by atoms with Crippen molar-refractivity contribution in [1.29, 1.82) is 0 Å². The van der Waals surface area contributed by atoms with Crippen LogP contribution in [0.3, 0.4) is 0 Å². The molecule has 0 bridgehead atoms. The summed E-state index contributed by atoms with van der Waals surface area (Å²) in [5, 5.41) is 119. The highest BCUT2D eigenvalue weighted by molar-refractivity contribution is 5.76. The number of unbranched alkanes of at least 4 members (excludes halogenated alkanes) is 20. The summed E-state index contributed by atoms with van der Waals surface area (Å²) in [7, 11) is 0. The van der Waals surface area contributed by atoms with Crippen molar-refractivity contribution < 1.29 is 89.4 Å². The zero-order chi connectivity index (χ0) is 54.1. The molecule has 3 rings (SSSR count). The van der Waals surface area contributed by atoms with Gasteiger partial charge in [-0.3, -0.25) is 4.79 Å². The van der Waals surface area contributed by atoms with Crippen LogP contribution in [0.4, 0.5) is 0 Å². The van der Waals surface area contributed by atoms with Crippen LogP contribution in [0.2, 0.25) is 0 Å². The number of aliphatic hydroxyl groups is 11. The van der Waals surface area contributed by atoms with Crippen LogP contribution < -0.4 is 5.32 Å². The van der Waals surface area contributed by atoms with Gasteiger partial charge in [0.15, 0.2) is 18.9 Å². The van der Waals surface area contributed by atoms with Crippen LogP contribution in [0.1, 0.15) is 174 Å². The summed E-state index contributed by atoms with van der Waals surface area (Å²) in [6.45, 7) is 1.52. The first-order chi connectivity index (χ1) is 35.8. The van der Waals surface area contributed by atoms with Crippen LogP contribution in [0.15, 0.2) is 36.5 Å². The molecule has 17 unspecified atom stereocenters. The summed E-state index contributed by atoms with van der Waals surface area (Å²) in [6, 6.07) is -0.968. The van der Waals surface area contributed by atoms with Crippen molar-refractivity contribution in [3.8, 4) is 0 Å². The average Bonchev–Trinajstić information content (AvgIpc) is 3.40. The van der Waals surface area contributed by atoms with Gasteiger partial charge in [-0.15, -0.1) is 0 Å². The van der Waals surface area contributed by atoms with Crippen LogP contribution in [0.25, 0.3) is 0 Å². The smallest absolute Gasteiger partial charge is 0.220 e. The van der Waals surface area contributed by atoms with Gasteiger partial charge in [0.25, 0.3) is 0 Å². The Morgan fingerprint density at radius 2 is 0.905 bits per heavy atom. The van der Waals surface area contributed by atoms with Gasteiger partial charge in [-0.1, -0.05) is 159 Å². The Bertz CT molecular complexity index is 1500. The van der Waals surface area contributed by atoms with Crippen molar-refractivity contribution in [2.24, 2.45) is 0 Å². The van der Waals surface area contributed by atoms with E-state index in [2.05, 4.69) is 36.5 Å². The topological polar surface area (TPSA) is 307 Å². The van der Waals surface area contributed by atoms with E-state index in [1.165, 1.54) is 103 Å². The summed E-state index contributed by atoms with van der Waals surface area (Å²) in [5.74, 6) is -0.287. The minimum absolute atomic E-state index is 0.240. The molecule has 12 N–H and O–H groups in total. The second kappa shape index (κ2) is 39.4. The molecule has 0 radical (unpaired) electrons. The number of allylic oxidation sites excluding steroid dienone is 5. The van der Waals surface area contributed by atoms with Gasteiger partial charge in [0.1, 0.15) is 73.2 Å². The zero-order valence-corrected chi connectivity index (χ0v) is 44.6. The van der Waals surface area contributed by atoms with Crippen molar-refractivity contribution in [2.75, 3.05) is 26.4 Å². The molecule has 1 amide bonds. The zero-order valence-electron chi connectivity index (χ0n) is 44.6. The summed E-state index contributed by atoms with van der Waals surface area (Å²) in [6.07, 6.45) is 13.9. The van der Waals surface area contributed by atoms with Gasteiger partial charge < -0.3 is 89.9 Å². The standard InChI is InChI=1S/C55H99NO18/c1-3-5-7-9-10-11-12-13-14-15-16-17-18-19-20-21-22-23-24-25-26-27-28-29-31-33-43(61)56-38(39(60)32-30-8-6-4-2)37-69-53-49(67)46(64)51(41(35-58)71-53)74-55-50(68)47(65)52(42(36-59)72-55)73-54-48(66)45(63)44(62)40(34-57)70-54/h12-13,15-16,30,32,38-42,44-55,57-60,62-68H,3-11,14,17-29,31,33-37H2,1-2H3,(H,56,61)/b13-12-,16-15-,32-30+. The second-order valence-corrected chi connectivity index (χ2v) is 20.4. The first kappa shape index (κ1) is 66.3. The molecule has 432 valence electrons. The van der Waals surface area contributed by atoms with Crippen molar-refractivity contribution in [3.63, 3.8) is 0 Å². The molecule has 0 spiro atoms. The highest BCUT2D eigenvalue weighted by Crippen LogP contribution is 2.33. The normalized spacial score (nSPS) is 31.7. The molecule has 19 nitrogen and oxygen atoms in total. The van der Waals surface area contributed by atoms with Gasteiger partial charge in [0.05, 0.1) is 38.6 Å². The Kier molecular flexibility index (Phi) is 35.3. The lowest BCUT2D eigenvalue weighted by molar-refractivity contribution is -0.379. The number of hydrogen-bond donors (Lipinski definition) is 12. The molecule has 19 heteroatoms. The lowest BCUT2D eigenvalue weighted by Crippen LogP contribution is -2.66. The van der Waals surface area contributed by atoms with E-state index in [9.17, 15) is 61.0 Å². The van der Waals surface area contributed by atoms with Gasteiger partial charge in [-0.25, -0.2) is 0 Å². The predicted octanol–water partition coefficient (Wildman–Crippen LogP) is 3.76. The maximum absolute atomic E-state index is 13.1. The van der Waals surface area contributed by atoms with Crippen LogP contribution in [0.5, 0.6) is 0 Å². The van der Waals surface area contributed by atoms with Gasteiger partial charge >= 0.3 is 0 Å². The molecular formula is C55H99NO18. The molecule has 0 aromatic carbocycles. The number of rotatable bonds is 40. The summed E-state index contributed by atoms with van der Waals surface area (Å²) in [5.41, 5.74) is 0. The first-order valence-electron chi connectivity index (χ1n) is 28.2. The largest absolute Gasteiger partial charge is 0.394 e. The summed E-state index contributed by atoms with van der Waals surface area (Å²) >= 11 is 0. The Morgan fingerprint density at radius 1 is 0.486 bits per heavy atom. The molecule has 0 aromatic heterocycles. The Hall–Kier alpha value is -1.99. The van der Waals surface area contributed by atoms with E-state index in [1.54, 1.807) is 6.08 Å². The molecular weight excluding hydrogens is 963 g/mol. The van der Waals surface area contributed by atoms with Crippen LogP contribution in [0, 0.1) is 0 Å². The van der Waals surface area contributed by atoms with Gasteiger partial charge in [-0.2, -0.15) is 0 Å². The van der Waals surface area contributed by atoms with E-state index in [0.29, 0.717) is 12.8 Å². The quantitative estimate of drug-likeness (QED) is 0.0307. The van der Waals surface area contributed by atoms with E-state index < -0.39 is 124 Å². The first-order valence-corrected chi connectivity index (χ1v) is 28.2. The number of nitrogens with one attached hydrogen (secondary N) is 1. The Balaban J connectivity index is 1.37. The third-order valence-electron chi connectivity index (χ3n) is 14.2. The SMILES string of the molecule is CCCC/C=C/C(O)C(COC1OC(CO)C(OC2OC(CO)C(OC3OC(CO)C(O)C(O)C3O)C(O)C2O)C(O)C1O)NC(=O)CCCCCCCCCCCCCCC/C=C\C/C=C\CCCCCCC. The van der Waals surface area contributed by atoms with Crippen LogP contribution in [-0.4, -0.2) is 193 Å². The molecule has 0 saturated carbocycles. The minimum Gasteiger partial charge on any atom is -0.394 e. The maximum Gasteiger partial charge on any atom is 0.220 e. The van der Waals surface area contributed by atoms with Crippen molar-refractivity contribution >= 4 is 5.91 Å². The van der Waals surface area contributed by atoms with Gasteiger partial charge in [0, 0.05) is 6.42 Å². The lowest BCUT2D eigenvalue weighted by Gasteiger charge is -2.48. The highest BCUT2D eigenvalue weighted by Gasteiger charge is 2.53. The molecule has 0 aromatic rings. The van der Waals surface area contributed by atoms with E-state index in [1.807, 2.05) is 13.0 Å². The molecule has 3 saturated heterocycles. The number of aliphatic hydroxyl groups excluding tert-OH is 11. The number of carbonyl (C=O) groups excluding carboxylic acids is 1. The third-order valence-corrected chi connectivity index (χ3v) is 14.2. The van der Waals surface area contributed by atoms with Crippen molar-refractivity contribution in [3.05, 3.63) is 36.5 Å². The minimum atomic E-state index is -1.97. The monoisotopic (exact) mass is 1060 g/mol. The molecule has 3 heterocycles. The third kappa shape index (κ3) is 23.9. The summed E-state index contributed by atoms with van der Waals surface area (Å²) < 4.78 is 34.0. The van der Waals surface area contributed by atoms with Crippen molar-refractivity contribution in [2.45, 2.75) is 279 Å².